The number of benzene rings is 1. The van der Waals surface area contributed by atoms with Gasteiger partial charge in [-0.15, -0.1) is 11.3 Å². The summed E-state index contributed by atoms with van der Waals surface area (Å²) in [5.74, 6) is -0.344. The van der Waals surface area contributed by atoms with Crippen molar-refractivity contribution in [2.45, 2.75) is 0 Å². The quantitative estimate of drug-likeness (QED) is 0.741. The molecule has 0 unspecified atom stereocenters. The maximum atomic E-state index is 12.2. The van der Waals surface area contributed by atoms with E-state index in [1.54, 1.807) is 30.6 Å². The Kier molecular flexibility index (Phi) is 4.38. The molecule has 0 aliphatic heterocycles. The van der Waals surface area contributed by atoms with E-state index >= 15 is 0 Å². The normalized spacial score (nSPS) is 10.5. The molecule has 1 amide bonds. The lowest BCUT2D eigenvalue weighted by Gasteiger charge is -2.05. The van der Waals surface area contributed by atoms with Crippen molar-refractivity contribution in [2.24, 2.45) is 0 Å². The minimum absolute atomic E-state index is 0.229. The third kappa shape index (κ3) is 3.11. The van der Waals surface area contributed by atoms with E-state index < -0.39 is 0 Å². The van der Waals surface area contributed by atoms with Gasteiger partial charge in [-0.1, -0.05) is 29.3 Å². The van der Waals surface area contributed by atoms with Crippen LogP contribution in [-0.4, -0.2) is 15.9 Å². The zero-order valence-electron chi connectivity index (χ0n) is 11.1. The van der Waals surface area contributed by atoms with Gasteiger partial charge in [-0.05, 0) is 24.3 Å². The molecule has 0 bridgehead atoms. The highest BCUT2D eigenvalue weighted by molar-refractivity contribution is 7.14. The summed E-state index contributed by atoms with van der Waals surface area (Å²) in [5.41, 5.74) is 2.03. The molecule has 0 atom stereocenters. The molecular formula is C15H9Cl2N3OS. The van der Waals surface area contributed by atoms with Crippen LogP contribution < -0.4 is 5.32 Å². The first-order valence-corrected chi connectivity index (χ1v) is 7.90. The highest BCUT2D eigenvalue weighted by Gasteiger charge is 2.14. The molecule has 0 aliphatic carbocycles. The van der Waals surface area contributed by atoms with Crippen molar-refractivity contribution in [3.05, 3.63) is 63.7 Å². The molecule has 3 aromatic rings. The summed E-state index contributed by atoms with van der Waals surface area (Å²) in [7, 11) is 0. The molecule has 1 aromatic carbocycles. The highest BCUT2D eigenvalue weighted by Crippen LogP contribution is 2.28. The molecular weight excluding hydrogens is 341 g/mol. The van der Waals surface area contributed by atoms with Gasteiger partial charge in [0.15, 0.2) is 5.13 Å². The van der Waals surface area contributed by atoms with E-state index in [0.717, 1.165) is 11.3 Å². The standard InChI is InChI=1S/C15H9Cl2N3OS/c16-11-3-1-2-10(13(11)17)14(21)20-15-19-12(8-22-15)9-4-6-18-7-5-9/h1-8H,(H,19,20,21). The van der Waals surface area contributed by atoms with Crippen LogP contribution in [-0.2, 0) is 0 Å². The number of halogens is 2. The fourth-order valence-corrected chi connectivity index (χ4v) is 2.93. The van der Waals surface area contributed by atoms with Gasteiger partial charge >= 0.3 is 0 Å². The van der Waals surface area contributed by atoms with E-state index in [1.165, 1.54) is 11.3 Å². The number of nitrogens with zero attached hydrogens (tertiary/aromatic N) is 2. The Hall–Kier alpha value is -1.95. The predicted molar refractivity (Wildman–Crippen MR) is 89.8 cm³/mol. The summed E-state index contributed by atoms with van der Waals surface area (Å²) >= 11 is 13.3. The Morgan fingerprint density at radius 3 is 2.68 bits per heavy atom. The number of pyridine rings is 1. The Labute approximate surface area is 140 Å². The molecule has 110 valence electrons. The van der Waals surface area contributed by atoms with Crippen molar-refractivity contribution in [2.75, 3.05) is 5.32 Å². The van der Waals surface area contributed by atoms with Crippen LogP contribution in [0.3, 0.4) is 0 Å². The molecule has 3 rings (SSSR count). The van der Waals surface area contributed by atoms with Gasteiger partial charge in [0.25, 0.3) is 5.91 Å². The molecule has 1 N–H and O–H groups in total. The molecule has 0 fully saturated rings. The predicted octanol–water partition coefficient (Wildman–Crippen LogP) is 4.76. The molecule has 2 aromatic heterocycles. The number of rotatable bonds is 3. The van der Waals surface area contributed by atoms with Gasteiger partial charge in [-0.2, -0.15) is 0 Å². The van der Waals surface area contributed by atoms with Crippen molar-refractivity contribution in [3.8, 4) is 11.3 Å². The third-order valence-corrected chi connectivity index (χ3v) is 4.47. The fraction of sp³-hybridized carbons (Fsp3) is 0. The smallest absolute Gasteiger partial charge is 0.259 e. The van der Waals surface area contributed by atoms with Gasteiger partial charge < -0.3 is 0 Å². The molecule has 0 saturated carbocycles. The van der Waals surface area contributed by atoms with Crippen LogP contribution >= 0.6 is 34.5 Å². The van der Waals surface area contributed by atoms with Gasteiger partial charge in [0.1, 0.15) is 0 Å². The summed E-state index contributed by atoms with van der Waals surface area (Å²) in [6, 6.07) is 8.63. The largest absolute Gasteiger partial charge is 0.298 e. The van der Waals surface area contributed by atoms with E-state index in [1.807, 2.05) is 17.5 Å². The van der Waals surface area contributed by atoms with Crippen molar-refractivity contribution >= 4 is 45.6 Å². The zero-order valence-corrected chi connectivity index (χ0v) is 13.4. The second-order valence-electron chi connectivity index (χ2n) is 4.33. The maximum absolute atomic E-state index is 12.2. The minimum Gasteiger partial charge on any atom is -0.298 e. The topological polar surface area (TPSA) is 54.9 Å². The summed E-state index contributed by atoms with van der Waals surface area (Å²) < 4.78 is 0. The summed E-state index contributed by atoms with van der Waals surface area (Å²) in [5, 5.41) is 5.65. The number of carbonyl (C=O) groups is 1. The SMILES string of the molecule is O=C(Nc1nc(-c2ccncc2)cs1)c1cccc(Cl)c1Cl. The monoisotopic (exact) mass is 349 g/mol. The van der Waals surface area contributed by atoms with Gasteiger partial charge in [-0.25, -0.2) is 4.98 Å². The van der Waals surface area contributed by atoms with E-state index in [9.17, 15) is 4.79 Å². The number of thiazole rings is 1. The lowest BCUT2D eigenvalue weighted by atomic mass is 10.2. The van der Waals surface area contributed by atoms with Crippen molar-refractivity contribution in [1.29, 1.82) is 0 Å². The van der Waals surface area contributed by atoms with Crippen molar-refractivity contribution in [1.82, 2.24) is 9.97 Å². The van der Waals surface area contributed by atoms with Gasteiger partial charge in [0, 0.05) is 23.3 Å². The molecule has 4 nitrogen and oxygen atoms in total. The van der Waals surface area contributed by atoms with E-state index in [2.05, 4.69) is 15.3 Å². The number of aromatic nitrogens is 2. The molecule has 0 aliphatic rings. The Morgan fingerprint density at radius 1 is 1.14 bits per heavy atom. The van der Waals surface area contributed by atoms with Crippen LogP contribution in [0.4, 0.5) is 5.13 Å². The van der Waals surface area contributed by atoms with E-state index in [4.69, 9.17) is 23.2 Å². The lowest BCUT2D eigenvalue weighted by molar-refractivity contribution is 0.102. The van der Waals surface area contributed by atoms with Gasteiger partial charge in [-0.3, -0.25) is 15.1 Å². The maximum Gasteiger partial charge on any atom is 0.259 e. The van der Waals surface area contributed by atoms with Crippen LogP contribution in [0.1, 0.15) is 10.4 Å². The highest BCUT2D eigenvalue weighted by atomic mass is 35.5. The number of carbonyl (C=O) groups excluding carboxylic acids is 1. The average molecular weight is 350 g/mol. The Bertz CT molecular complexity index is 821. The Morgan fingerprint density at radius 2 is 1.91 bits per heavy atom. The minimum atomic E-state index is -0.344. The number of nitrogens with one attached hydrogen (secondary N) is 1. The summed E-state index contributed by atoms with van der Waals surface area (Å²) in [6.07, 6.45) is 3.39. The van der Waals surface area contributed by atoms with Crippen LogP contribution in [0.15, 0.2) is 48.1 Å². The van der Waals surface area contributed by atoms with Crippen molar-refractivity contribution in [3.63, 3.8) is 0 Å². The van der Waals surface area contributed by atoms with Crippen LogP contribution in [0, 0.1) is 0 Å². The zero-order chi connectivity index (χ0) is 15.5. The average Bonchev–Trinajstić information content (AvgIpc) is 2.99. The molecule has 2 heterocycles. The van der Waals surface area contributed by atoms with Crippen LogP contribution in [0.5, 0.6) is 0 Å². The second-order valence-corrected chi connectivity index (χ2v) is 5.97. The molecule has 22 heavy (non-hydrogen) atoms. The van der Waals surface area contributed by atoms with Gasteiger partial charge in [0.05, 0.1) is 21.3 Å². The number of hydrogen-bond donors (Lipinski definition) is 1. The van der Waals surface area contributed by atoms with Crippen LogP contribution in [0.25, 0.3) is 11.3 Å². The van der Waals surface area contributed by atoms with Crippen molar-refractivity contribution < 1.29 is 4.79 Å². The molecule has 0 spiro atoms. The van der Waals surface area contributed by atoms with Crippen LogP contribution in [0.2, 0.25) is 10.0 Å². The third-order valence-electron chi connectivity index (χ3n) is 2.90. The first kappa shape index (κ1) is 15.0. The number of amides is 1. The summed E-state index contributed by atoms with van der Waals surface area (Å²) in [4.78, 5) is 20.6. The van der Waals surface area contributed by atoms with Gasteiger partial charge in [0.2, 0.25) is 0 Å². The second kappa shape index (κ2) is 6.44. The number of hydrogen-bond acceptors (Lipinski definition) is 4. The molecule has 0 saturated heterocycles. The molecule has 0 radical (unpaired) electrons. The first-order chi connectivity index (χ1) is 10.6. The number of anilines is 1. The summed E-state index contributed by atoms with van der Waals surface area (Å²) in [6.45, 7) is 0. The molecule has 7 heteroatoms. The fourth-order valence-electron chi connectivity index (χ4n) is 1.83. The Balaban J connectivity index is 1.81. The van der Waals surface area contributed by atoms with E-state index in [-0.39, 0.29) is 10.9 Å². The van der Waals surface area contributed by atoms with E-state index in [0.29, 0.717) is 15.7 Å². The lowest BCUT2D eigenvalue weighted by Crippen LogP contribution is -2.12. The first-order valence-electron chi connectivity index (χ1n) is 6.26.